The van der Waals surface area contributed by atoms with Gasteiger partial charge in [-0.2, -0.15) is 0 Å². The number of fused-ring (bicyclic) bond motifs is 1. The Morgan fingerprint density at radius 1 is 1.15 bits per heavy atom. The maximum Gasteiger partial charge on any atom is 0.122 e. The summed E-state index contributed by atoms with van der Waals surface area (Å²) in [4.78, 5) is 4.84. The van der Waals surface area contributed by atoms with Gasteiger partial charge in [-0.3, -0.25) is 0 Å². The Kier molecular flexibility index (Phi) is 4.68. The standard InChI is InChI=1S/C22H26N2O2/c1-15-7-5-12-21(16(15)2)26-14-18(25)13-24-20-11-4-3-10-19(20)23-22(24)17-8-6-9-17/h3-5,7,10-12,17-18,25H,6,8-9,13-14H2,1-2H3. The van der Waals surface area contributed by atoms with Crippen LogP contribution in [-0.4, -0.2) is 27.4 Å². The zero-order valence-corrected chi connectivity index (χ0v) is 15.5. The van der Waals surface area contributed by atoms with E-state index >= 15 is 0 Å². The van der Waals surface area contributed by atoms with E-state index in [1.54, 1.807) is 0 Å². The van der Waals surface area contributed by atoms with Crippen LogP contribution in [0.4, 0.5) is 0 Å². The van der Waals surface area contributed by atoms with Gasteiger partial charge in [0.15, 0.2) is 0 Å². The highest BCUT2D eigenvalue weighted by molar-refractivity contribution is 5.76. The van der Waals surface area contributed by atoms with E-state index in [4.69, 9.17) is 9.72 Å². The van der Waals surface area contributed by atoms with Gasteiger partial charge in [0.25, 0.3) is 0 Å². The Balaban J connectivity index is 1.52. The summed E-state index contributed by atoms with van der Waals surface area (Å²) in [6, 6.07) is 14.2. The maximum absolute atomic E-state index is 10.6. The molecule has 0 bridgehead atoms. The minimum absolute atomic E-state index is 0.279. The fourth-order valence-corrected chi connectivity index (χ4v) is 3.59. The summed E-state index contributed by atoms with van der Waals surface area (Å²) in [7, 11) is 0. The van der Waals surface area contributed by atoms with Crippen LogP contribution < -0.4 is 4.74 Å². The monoisotopic (exact) mass is 350 g/mol. The topological polar surface area (TPSA) is 47.3 Å². The Bertz CT molecular complexity index is 912. The number of aromatic nitrogens is 2. The van der Waals surface area contributed by atoms with Crippen molar-refractivity contribution in [1.29, 1.82) is 0 Å². The van der Waals surface area contributed by atoms with Crippen LogP contribution in [0.2, 0.25) is 0 Å². The molecule has 0 spiro atoms. The third-order valence-corrected chi connectivity index (χ3v) is 5.53. The van der Waals surface area contributed by atoms with Crippen molar-refractivity contribution in [2.24, 2.45) is 0 Å². The van der Waals surface area contributed by atoms with Crippen molar-refractivity contribution < 1.29 is 9.84 Å². The van der Waals surface area contributed by atoms with Crippen molar-refractivity contribution in [2.45, 2.75) is 51.7 Å². The molecule has 1 aliphatic rings. The summed E-state index contributed by atoms with van der Waals surface area (Å²) in [5, 5.41) is 10.6. The van der Waals surface area contributed by atoms with E-state index in [0.29, 0.717) is 12.5 Å². The number of para-hydroxylation sites is 2. The van der Waals surface area contributed by atoms with Crippen LogP contribution in [0.5, 0.6) is 5.75 Å². The summed E-state index contributed by atoms with van der Waals surface area (Å²) in [6.45, 7) is 4.91. The van der Waals surface area contributed by atoms with E-state index in [-0.39, 0.29) is 6.61 Å². The lowest BCUT2D eigenvalue weighted by molar-refractivity contribution is 0.0916. The van der Waals surface area contributed by atoms with E-state index in [9.17, 15) is 5.11 Å². The van der Waals surface area contributed by atoms with Crippen LogP contribution >= 0.6 is 0 Å². The van der Waals surface area contributed by atoms with Gasteiger partial charge >= 0.3 is 0 Å². The number of hydrogen-bond donors (Lipinski definition) is 1. The molecule has 1 atom stereocenters. The van der Waals surface area contributed by atoms with Crippen molar-refractivity contribution in [1.82, 2.24) is 9.55 Å². The molecule has 3 aromatic rings. The zero-order valence-electron chi connectivity index (χ0n) is 15.5. The lowest BCUT2D eigenvalue weighted by atomic mass is 9.85. The molecule has 0 amide bonds. The molecular weight excluding hydrogens is 324 g/mol. The molecule has 4 rings (SSSR count). The molecule has 2 aromatic carbocycles. The largest absolute Gasteiger partial charge is 0.491 e. The Morgan fingerprint density at radius 3 is 2.73 bits per heavy atom. The molecule has 4 nitrogen and oxygen atoms in total. The van der Waals surface area contributed by atoms with Crippen LogP contribution in [0, 0.1) is 13.8 Å². The van der Waals surface area contributed by atoms with Gasteiger partial charge in [-0.05, 0) is 56.0 Å². The number of imidazole rings is 1. The van der Waals surface area contributed by atoms with Crippen molar-refractivity contribution >= 4 is 11.0 Å². The van der Waals surface area contributed by atoms with Crippen LogP contribution in [-0.2, 0) is 6.54 Å². The molecule has 1 saturated carbocycles. The quantitative estimate of drug-likeness (QED) is 0.718. The van der Waals surface area contributed by atoms with Crippen LogP contribution in [0.15, 0.2) is 42.5 Å². The summed E-state index contributed by atoms with van der Waals surface area (Å²) < 4.78 is 8.09. The molecule has 26 heavy (non-hydrogen) atoms. The molecule has 4 heteroatoms. The van der Waals surface area contributed by atoms with Crippen molar-refractivity contribution in [3.8, 4) is 5.75 Å². The Hall–Kier alpha value is -2.33. The molecule has 1 heterocycles. The minimum Gasteiger partial charge on any atom is -0.491 e. The van der Waals surface area contributed by atoms with E-state index in [2.05, 4.69) is 30.5 Å². The third-order valence-electron chi connectivity index (χ3n) is 5.53. The van der Waals surface area contributed by atoms with Crippen LogP contribution in [0.25, 0.3) is 11.0 Å². The predicted octanol–water partition coefficient (Wildman–Crippen LogP) is 4.36. The molecule has 0 saturated heterocycles. The Morgan fingerprint density at radius 2 is 1.96 bits per heavy atom. The molecule has 1 aliphatic carbocycles. The smallest absolute Gasteiger partial charge is 0.122 e. The van der Waals surface area contributed by atoms with Gasteiger partial charge in [-0.25, -0.2) is 4.98 Å². The molecule has 0 radical (unpaired) electrons. The average Bonchev–Trinajstić information content (AvgIpc) is 2.93. The molecule has 1 fully saturated rings. The second-order valence-corrected chi connectivity index (χ2v) is 7.36. The first-order chi connectivity index (χ1) is 12.6. The summed E-state index contributed by atoms with van der Waals surface area (Å²) in [5.74, 6) is 2.48. The number of benzene rings is 2. The van der Waals surface area contributed by atoms with Crippen LogP contribution in [0.3, 0.4) is 0 Å². The van der Waals surface area contributed by atoms with Gasteiger partial charge in [0.05, 0.1) is 17.6 Å². The Labute approximate surface area is 154 Å². The fourth-order valence-electron chi connectivity index (χ4n) is 3.59. The highest BCUT2D eigenvalue weighted by Crippen LogP contribution is 2.37. The highest BCUT2D eigenvalue weighted by Gasteiger charge is 2.26. The lowest BCUT2D eigenvalue weighted by Gasteiger charge is -2.26. The number of rotatable bonds is 6. The fraction of sp³-hybridized carbons (Fsp3) is 0.409. The SMILES string of the molecule is Cc1cccc(OCC(O)Cn2c(C3CCC3)nc3ccccc32)c1C. The number of nitrogens with zero attached hydrogens (tertiary/aromatic N) is 2. The number of aryl methyl sites for hydroxylation is 1. The molecule has 1 aromatic heterocycles. The normalized spacial score (nSPS) is 15.8. The molecule has 0 aliphatic heterocycles. The highest BCUT2D eigenvalue weighted by atomic mass is 16.5. The maximum atomic E-state index is 10.6. The van der Waals surface area contributed by atoms with Gasteiger partial charge < -0.3 is 14.4 Å². The van der Waals surface area contributed by atoms with Crippen LogP contribution in [0.1, 0.15) is 42.1 Å². The first-order valence-electron chi connectivity index (χ1n) is 9.45. The van der Waals surface area contributed by atoms with E-state index < -0.39 is 6.10 Å². The van der Waals surface area contributed by atoms with Gasteiger partial charge in [0.1, 0.15) is 24.3 Å². The number of hydrogen-bond acceptors (Lipinski definition) is 3. The number of ether oxygens (including phenoxy) is 1. The minimum atomic E-state index is -0.577. The van der Waals surface area contributed by atoms with Gasteiger partial charge in [-0.15, -0.1) is 0 Å². The lowest BCUT2D eigenvalue weighted by Crippen LogP contribution is -2.26. The van der Waals surface area contributed by atoms with Crippen molar-refractivity contribution in [2.75, 3.05) is 6.61 Å². The van der Waals surface area contributed by atoms with Gasteiger partial charge in [0, 0.05) is 5.92 Å². The van der Waals surface area contributed by atoms with E-state index in [0.717, 1.165) is 28.2 Å². The zero-order chi connectivity index (χ0) is 18.1. The van der Waals surface area contributed by atoms with Gasteiger partial charge in [-0.1, -0.05) is 30.7 Å². The molecule has 1 unspecified atom stereocenters. The summed E-state index contributed by atoms with van der Waals surface area (Å²) >= 11 is 0. The predicted molar refractivity (Wildman–Crippen MR) is 104 cm³/mol. The first kappa shape index (κ1) is 17.1. The van der Waals surface area contributed by atoms with Crippen molar-refractivity contribution in [3.63, 3.8) is 0 Å². The number of aliphatic hydroxyl groups excluding tert-OH is 1. The second-order valence-electron chi connectivity index (χ2n) is 7.36. The summed E-state index contributed by atoms with van der Waals surface area (Å²) in [6.07, 6.45) is 3.08. The third kappa shape index (κ3) is 3.21. The van der Waals surface area contributed by atoms with E-state index in [1.165, 1.54) is 24.8 Å². The molecule has 136 valence electrons. The van der Waals surface area contributed by atoms with Gasteiger partial charge in [0.2, 0.25) is 0 Å². The molecule has 1 N–H and O–H groups in total. The molecular formula is C22H26N2O2. The van der Waals surface area contributed by atoms with Crippen molar-refractivity contribution in [3.05, 3.63) is 59.4 Å². The second kappa shape index (κ2) is 7.12. The number of aliphatic hydroxyl groups is 1. The first-order valence-corrected chi connectivity index (χ1v) is 9.45. The average molecular weight is 350 g/mol. The van der Waals surface area contributed by atoms with E-state index in [1.807, 2.05) is 30.3 Å². The summed E-state index contributed by atoms with van der Waals surface area (Å²) in [5.41, 5.74) is 4.44.